The van der Waals surface area contributed by atoms with Crippen molar-refractivity contribution in [1.82, 2.24) is 5.32 Å². The molecule has 108 valence electrons. The summed E-state index contributed by atoms with van der Waals surface area (Å²) in [5.41, 5.74) is 0. The molecule has 0 aliphatic carbocycles. The van der Waals surface area contributed by atoms with E-state index in [0.29, 0.717) is 6.04 Å². The van der Waals surface area contributed by atoms with Gasteiger partial charge in [0.15, 0.2) is 0 Å². The van der Waals surface area contributed by atoms with Gasteiger partial charge in [-0.25, -0.2) is 4.39 Å². The van der Waals surface area contributed by atoms with E-state index in [1.54, 1.807) is 23.9 Å². The lowest BCUT2D eigenvalue weighted by molar-refractivity contribution is 0.585. The molecule has 0 spiro atoms. The Labute approximate surface area is 128 Å². The van der Waals surface area contributed by atoms with Gasteiger partial charge in [0, 0.05) is 20.4 Å². The molecule has 1 N–H and O–H groups in total. The van der Waals surface area contributed by atoms with E-state index in [0.717, 1.165) is 23.6 Å². The fourth-order valence-corrected chi connectivity index (χ4v) is 4.02. The molecular formula is C16H20FNS2. The second kappa shape index (κ2) is 7.81. The Kier molecular flexibility index (Phi) is 6.07. The van der Waals surface area contributed by atoms with Gasteiger partial charge < -0.3 is 5.32 Å². The van der Waals surface area contributed by atoms with Crippen molar-refractivity contribution in [3.05, 3.63) is 52.0 Å². The standard InChI is InChI=1S/C16H20FNS2/c1-3-9-18-15(16-8-7-12(2)20-16)11-19-14-6-4-5-13(17)10-14/h4-8,10,15,18H,3,9,11H2,1-2H3. The van der Waals surface area contributed by atoms with Crippen LogP contribution in [-0.2, 0) is 0 Å². The third-order valence-electron chi connectivity index (χ3n) is 2.96. The summed E-state index contributed by atoms with van der Waals surface area (Å²) in [4.78, 5) is 3.68. The normalized spacial score (nSPS) is 12.6. The van der Waals surface area contributed by atoms with Crippen LogP contribution in [0.4, 0.5) is 4.39 Å². The van der Waals surface area contributed by atoms with Crippen molar-refractivity contribution in [2.24, 2.45) is 0 Å². The molecule has 1 aromatic carbocycles. The number of rotatable bonds is 7. The van der Waals surface area contributed by atoms with Gasteiger partial charge in [-0.05, 0) is 50.2 Å². The van der Waals surface area contributed by atoms with Gasteiger partial charge in [-0.3, -0.25) is 0 Å². The molecule has 1 nitrogen and oxygen atoms in total. The van der Waals surface area contributed by atoms with Gasteiger partial charge in [-0.1, -0.05) is 13.0 Å². The van der Waals surface area contributed by atoms with E-state index in [1.807, 2.05) is 17.4 Å². The van der Waals surface area contributed by atoms with E-state index in [4.69, 9.17) is 0 Å². The highest BCUT2D eigenvalue weighted by Crippen LogP contribution is 2.29. The van der Waals surface area contributed by atoms with Crippen molar-refractivity contribution in [2.75, 3.05) is 12.3 Å². The Hall–Kier alpha value is -0.840. The molecule has 0 fully saturated rings. The van der Waals surface area contributed by atoms with Crippen LogP contribution in [0, 0.1) is 12.7 Å². The lowest BCUT2D eigenvalue weighted by Gasteiger charge is -2.16. The number of benzene rings is 1. The molecule has 20 heavy (non-hydrogen) atoms. The number of aryl methyl sites for hydroxylation is 1. The third-order valence-corrected chi connectivity index (χ3v) is 5.16. The first kappa shape index (κ1) is 15.5. The molecule has 0 amide bonds. The van der Waals surface area contributed by atoms with Gasteiger partial charge in [0.25, 0.3) is 0 Å². The summed E-state index contributed by atoms with van der Waals surface area (Å²) in [5, 5.41) is 3.58. The first-order valence-electron chi connectivity index (χ1n) is 6.87. The minimum absolute atomic E-state index is 0.167. The van der Waals surface area contributed by atoms with Crippen molar-refractivity contribution >= 4 is 23.1 Å². The zero-order valence-electron chi connectivity index (χ0n) is 11.9. The first-order valence-corrected chi connectivity index (χ1v) is 8.67. The number of hydrogen-bond acceptors (Lipinski definition) is 3. The predicted octanol–water partition coefficient (Wildman–Crippen LogP) is 5.03. The summed E-state index contributed by atoms with van der Waals surface area (Å²) < 4.78 is 13.2. The molecule has 1 aromatic heterocycles. The second-order valence-corrected chi connectivity index (χ2v) is 7.14. The molecule has 0 aliphatic heterocycles. The number of halogens is 1. The minimum Gasteiger partial charge on any atom is -0.309 e. The maximum atomic E-state index is 13.2. The van der Waals surface area contributed by atoms with E-state index in [1.165, 1.54) is 15.8 Å². The van der Waals surface area contributed by atoms with Crippen LogP contribution in [-0.4, -0.2) is 12.3 Å². The van der Waals surface area contributed by atoms with Gasteiger partial charge >= 0.3 is 0 Å². The topological polar surface area (TPSA) is 12.0 Å². The zero-order chi connectivity index (χ0) is 14.4. The van der Waals surface area contributed by atoms with Gasteiger partial charge in [0.1, 0.15) is 5.82 Å². The highest BCUT2D eigenvalue weighted by Gasteiger charge is 2.13. The molecule has 0 aliphatic rings. The summed E-state index contributed by atoms with van der Waals surface area (Å²) in [6, 6.07) is 11.5. The van der Waals surface area contributed by atoms with Crippen LogP contribution in [0.1, 0.15) is 29.1 Å². The summed E-state index contributed by atoms with van der Waals surface area (Å²) in [6.45, 7) is 5.31. The third kappa shape index (κ3) is 4.62. The van der Waals surface area contributed by atoms with Crippen molar-refractivity contribution < 1.29 is 4.39 Å². The molecule has 0 bridgehead atoms. The van der Waals surface area contributed by atoms with Gasteiger partial charge in [-0.15, -0.1) is 23.1 Å². The van der Waals surface area contributed by atoms with Crippen LogP contribution in [0.3, 0.4) is 0 Å². The monoisotopic (exact) mass is 309 g/mol. The fourth-order valence-electron chi connectivity index (χ4n) is 1.94. The molecule has 0 saturated heterocycles. The van der Waals surface area contributed by atoms with Crippen LogP contribution in [0.25, 0.3) is 0 Å². The Bertz CT molecular complexity index is 539. The molecule has 0 radical (unpaired) electrons. The largest absolute Gasteiger partial charge is 0.309 e. The van der Waals surface area contributed by atoms with Crippen LogP contribution in [0.2, 0.25) is 0 Å². The lowest BCUT2D eigenvalue weighted by Crippen LogP contribution is -2.23. The average Bonchev–Trinajstić information content (AvgIpc) is 2.85. The quantitative estimate of drug-likeness (QED) is 0.720. The van der Waals surface area contributed by atoms with Crippen molar-refractivity contribution in [1.29, 1.82) is 0 Å². The Morgan fingerprint density at radius 2 is 2.15 bits per heavy atom. The molecule has 2 rings (SSSR count). The Morgan fingerprint density at radius 3 is 2.80 bits per heavy atom. The van der Waals surface area contributed by atoms with Crippen LogP contribution < -0.4 is 5.32 Å². The van der Waals surface area contributed by atoms with Gasteiger partial charge in [0.2, 0.25) is 0 Å². The van der Waals surface area contributed by atoms with E-state index in [2.05, 4.69) is 31.3 Å². The van der Waals surface area contributed by atoms with E-state index in [9.17, 15) is 4.39 Å². The van der Waals surface area contributed by atoms with Crippen LogP contribution in [0.5, 0.6) is 0 Å². The lowest BCUT2D eigenvalue weighted by atomic mass is 10.2. The number of hydrogen-bond donors (Lipinski definition) is 1. The molecular weight excluding hydrogens is 289 g/mol. The number of nitrogens with one attached hydrogen (secondary N) is 1. The van der Waals surface area contributed by atoms with E-state index < -0.39 is 0 Å². The van der Waals surface area contributed by atoms with Crippen LogP contribution in [0.15, 0.2) is 41.3 Å². The summed E-state index contributed by atoms with van der Waals surface area (Å²) in [7, 11) is 0. The van der Waals surface area contributed by atoms with Crippen LogP contribution >= 0.6 is 23.1 Å². The molecule has 1 atom stereocenters. The average molecular weight is 309 g/mol. The summed E-state index contributed by atoms with van der Waals surface area (Å²) in [6.07, 6.45) is 1.12. The smallest absolute Gasteiger partial charge is 0.124 e. The van der Waals surface area contributed by atoms with E-state index >= 15 is 0 Å². The predicted molar refractivity (Wildman–Crippen MR) is 87.2 cm³/mol. The van der Waals surface area contributed by atoms with Gasteiger partial charge in [-0.2, -0.15) is 0 Å². The second-order valence-electron chi connectivity index (χ2n) is 4.72. The molecule has 0 saturated carbocycles. The van der Waals surface area contributed by atoms with Crippen molar-refractivity contribution in [3.63, 3.8) is 0 Å². The summed E-state index contributed by atoms with van der Waals surface area (Å²) >= 11 is 3.54. The van der Waals surface area contributed by atoms with Crippen molar-refractivity contribution in [3.8, 4) is 0 Å². The molecule has 2 aromatic rings. The number of thiophene rings is 1. The minimum atomic E-state index is -0.167. The zero-order valence-corrected chi connectivity index (χ0v) is 13.5. The van der Waals surface area contributed by atoms with Gasteiger partial charge in [0.05, 0.1) is 6.04 Å². The number of thioether (sulfide) groups is 1. The fraction of sp³-hybridized carbons (Fsp3) is 0.375. The Balaban J connectivity index is 2.00. The maximum absolute atomic E-state index is 13.2. The van der Waals surface area contributed by atoms with Crippen molar-refractivity contribution in [2.45, 2.75) is 31.2 Å². The molecule has 1 unspecified atom stereocenters. The highest BCUT2D eigenvalue weighted by atomic mass is 32.2. The van der Waals surface area contributed by atoms with E-state index in [-0.39, 0.29) is 5.82 Å². The maximum Gasteiger partial charge on any atom is 0.124 e. The Morgan fingerprint density at radius 1 is 1.30 bits per heavy atom. The summed E-state index contributed by atoms with van der Waals surface area (Å²) in [5.74, 6) is 0.753. The highest BCUT2D eigenvalue weighted by molar-refractivity contribution is 7.99. The molecule has 4 heteroatoms. The first-order chi connectivity index (χ1) is 9.69. The SMILES string of the molecule is CCCNC(CSc1cccc(F)c1)c1ccc(C)s1. The molecule has 1 heterocycles.